The van der Waals surface area contributed by atoms with Gasteiger partial charge in [0.25, 0.3) is 0 Å². The van der Waals surface area contributed by atoms with Crippen LogP contribution in [-0.4, -0.2) is 30.7 Å². The number of H-pyrrole nitrogens is 1. The minimum absolute atomic E-state index is 0.0305. The Bertz CT molecular complexity index is 902. The van der Waals surface area contributed by atoms with Gasteiger partial charge in [0.05, 0.1) is 0 Å². The molecule has 3 rings (SSSR count). The van der Waals surface area contributed by atoms with Crippen molar-refractivity contribution < 1.29 is 14.6 Å². The van der Waals surface area contributed by atoms with Crippen LogP contribution in [0.3, 0.4) is 0 Å². The number of hydrogen-bond donors (Lipinski definition) is 2. The molecule has 2 heterocycles. The summed E-state index contributed by atoms with van der Waals surface area (Å²) in [7, 11) is 0. The van der Waals surface area contributed by atoms with Crippen LogP contribution in [0.4, 0.5) is 0 Å². The van der Waals surface area contributed by atoms with E-state index in [1.165, 1.54) is 22.9 Å². The molecule has 0 unspecified atom stereocenters. The molecule has 3 aromatic rings. The predicted molar refractivity (Wildman–Crippen MR) is 79.8 cm³/mol. The first-order valence-electron chi connectivity index (χ1n) is 5.68. The highest BCUT2D eigenvalue weighted by Crippen LogP contribution is 2.26. The average molecular weight is 398 g/mol. The van der Waals surface area contributed by atoms with Gasteiger partial charge in [0.15, 0.2) is 5.65 Å². The lowest BCUT2D eigenvalue weighted by Crippen LogP contribution is -2.09. The number of fused-ring (bicyclic) bond motifs is 1. The predicted octanol–water partition coefficient (Wildman–Crippen LogP) is 1.51. The molecule has 8 nitrogen and oxygen atoms in total. The number of hydrogen-bond acceptors (Lipinski definition) is 5. The number of aromatic nitrogens is 4. The highest BCUT2D eigenvalue weighted by molar-refractivity contribution is 14.1. The number of carbonyl (C=O) groups is 1. The van der Waals surface area contributed by atoms with Crippen molar-refractivity contribution in [2.24, 2.45) is 0 Å². The van der Waals surface area contributed by atoms with Crippen LogP contribution in [-0.2, 0) is 0 Å². The molecule has 0 saturated carbocycles. The monoisotopic (exact) mass is 398 g/mol. The lowest BCUT2D eigenvalue weighted by atomic mass is 10.2. The maximum atomic E-state index is 11.3. The van der Waals surface area contributed by atoms with E-state index in [0.29, 0.717) is 5.65 Å². The van der Waals surface area contributed by atoms with Crippen molar-refractivity contribution >= 4 is 34.2 Å². The maximum Gasteiger partial charge on any atom is 0.348 e. The number of carboxylic acid groups (broad SMARTS) is 1. The summed E-state index contributed by atoms with van der Waals surface area (Å²) in [5, 5.41) is 15.2. The number of halogens is 1. The van der Waals surface area contributed by atoms with Crippen molar-refractivity contribution in [1.29, 1.82) is 0 Å². The van der Waals surface area contributed by atoms with Gasteiger partial charge >= 0.3 is 11.7 Å². The fourth-order valence-corrected chi connectivity index (χ4v) is 2.21. The van der Waals surface area contributed by atoms with Crippen molar-refractivity contribution in [3.8, 4) is 11.6 Å². The Hall–Kier alpha value is -2.43. The summed E-state index contributed by atoms with van der Waals surface area (Å²) < 4.78 is 7.46. The van der Waals surface area contributed by atoms with Gasteiger partial charge in [-0.05, 0) is 40.8 Å². The summed E-state index contributed by atoms with van der Waals surface area (Å²) in [5.41, 5.74) is -0.0556. The molecule has 0 aliphatic heterocycles. The van der Waals surface area contributed by atoms with Crippen molar-refractivity contribution in [2.45, 2.75) is 0 Å². The first kappa shape index (κ1) is 13.5. The number of aromatic carboxylic acids is 1. The Morgan fingerprint density at radius 2 is 2.19 bits per heavy atom. The van der Waals surface area contributed by atoms with E-state index in [9.17, 15) is 14.7 Å². The summed E-state index contributed by atoms with van der Waals surface area (Å²) in [6.07, 6.45) is 1.25. The smallest absolute Gasteiger partial charge is 0.348 e. The van der Waals surface area contributed by atoms with Gasteiger partial charge in [-0.15, -0.1) is 0 Å². The molecule has 1 aromatic carbocycles. The number of nitrogens with one attached hydrogen (secondary N) is 1. The summed E-state index contributed by atoms with van der Waals surface area (Å²) in [6.45, 7) is 0. The lowest BCUT2D eigenvalue weighted by molar-refractivity contribution is 0.0694. The third-order valence-corrected chi connectivity index (χ3v) is 3.34. The fourth-order valence-electron chi connectivity index (χ4n) is 1.72. The molecule has 0 spiro atoms. The maximum absolute atomic E-state index is 11.3. The SMILES string of the molecule is O=C(O)c1cc(I)ccc1Oc1cc2n[nH]c(=O)n2cn1. The minimum atomic E-state index is -1.10. The first-order valence-corrected chi connectivity index (χ1v) is 6.76. The Kier molecular flexibility index (Phi) is 3.33. The van der Waals surface area contributed by atoms with Crippen LogP contribution >= 0.6 is 22.6 Å². The molecule has 9 heteroatoms. The Balaban J connectivity index is 2.02. The normalized spacial score (nSPS) is 10.7. The van der Waals surface area contributed by atoms with Crippen LogP contribution in [0.2, 0.25) is 0 Å². The van der Waals surface area contributed by atoms with E-state index in [1.54, 1.807) is 12.1 Å². The molecule has 0 radical (unpaired) electrons. The molecule has 106 valence electrons. The molecular weight excluding hydrogens is 391 g/mol. The number of benzene rings is 1. The van der Waals surface area contributed by atoms with Crippen LogP contribution in [0.5, 0.6) is 11.6 Å². The highest BCUT2D eigenvalue weighted by atomic mass is 127. The van der Waals surface area contributed by atoms with Gasteiger partial charge in [-0.25, -0.2) is 24.1 Å². The number of nitrogens with zero attached hydrogens (tertiary/aromatic N) is 3. The highest BCUT2D eigenvalue weighted by Gasteiger charge is 2.14. The van der Waals surface area contributed by atoms with Gasteiger partial charge in [0.1, 0.15) is 17.6 Å². The van der Waals surface area contributed by atoms with E-state index in [1.807, 2.05) is 22.6 Å². The third-order valence-electron chi connectivity index (χ3n) is 2.67. The molecule has 0 amide bonds. The van der Waals surface area contributed by atoms with Crippen molar-refractivity contribution in [1.82, 2.24) is 19.6 Å². The topological polar surface area (TPSA) is 110 Å². The number of aromatic amines is 1. The van der Waals surface area contributed by atoms with E-state index in [-0.39, 0.29) is 17.2 Å². The number of rotatable bonds is 3. The van der Waals surface area contributed by atoms with Crippen molar-refractivity contribution in [3.63, 3.8) is 0 Å². The van der Waals surface area contributed by atoms with Crippen molar-refractivity contribution in [3.05, 3.63) is 50.2 Å². The summed E-state index contributed by atoms with van der Waals surface area (Å²) >= 11 is 2.01. The van der Waals surface area contributed by atoms with Gasteiger partial charge in [0, 0.05) is 9.64 Å². The van der Waals surface area contributed by atoms with E-state index >= 15 is 0 Å². The molecule has 21 heavy (non-hydrogen) atoms. The minimum Gasteiger partial charge on any atom is -0.478 e. The Morgan fingerprint density at radius 1 is 1.38 bits per heavy atom. The lowest BCUT2D eigenvalue weighted by Gasteiger charge is -2.08. The molecular formula is C12H7IN4O4. The van der Waals surface area contributed by atoms with Gasteiger partial charge < -0.3 is 9.84 Å². The number of ether oxygens (including phenoxy) is 1. The van der Waals surface area contributed by atoms with E-state index < -0.39 is 11.7 Å². The molecule has 0 atom stereocenters. The van der Waals surface area contributed by atoms with Crippen LogP contribution in [0.15, 0.2) is 35.4 Å². The third kappa shape index (κ3) is 2.59. The van der Waals surface area contributed by atoms with Crippen LogP contribution < -0.4 is 10.4 Å². The molecule has 0 saturated heterocycles. The van der Waals surface area contributed by atoms with Crippen LogP contribution in [0.25, 0.3) is 5.65 Å². The molecule has 2 N–H and O–H groups in total. The first-order chi connectivity index (χ1) is 10.0. The second-order valence-corrected chi connectivity index (χ2v) is 5.28. The number of carboxylic acids is 1. The van der Waals surface area contributed by atoms with E-state index in [2.05, 4.69) is 15.2 Å². The van der Waals surface area contributed by atoms with E-state index in [0.717, 1.165) is 3.57 Å². The Morgan fingerprint density at radius 3 is 2.95 bits per heavy atom. The second-order valence-electron chi connectivity index (χ2n) is 4.03. The van der Waals surface area contributed by atoms with Gasteiger partial charge in [-0.2, -0.15) is 5.10 Å². The van der Waals surface area contributed by atoms with Gasteiger partial charge in [-0.1, -0.05) is 0 Å². The largest absolute Gasteiger partial charge is 0.478 e. The zero-order chi connectivity index (χ0) is 15.0. The molecule has 0 fully saturated rings. The summed E-state index contributed by atoms with van der Waals surface area (Å²) in [6, 6.07) is 6.20. The molecule has 2 aromatic heterocycles. The van der Waals surface area contributed by atoms with E-state index in [4.69, 9.17) is 4.74 Å². The van der Waals surface area contributed by atoms with Crippen LogP contribution in [0.1, 0.15) is 10.4 Å². The zero-order valence-electron chi connectivity index (χ0n) is 10.3. The summed E-state index contributed by atoms with van der Waals surface area (Å²) in [5.74, 6) is -0.788. The molecule has 0 bridgehead atoms. The quantitative estimate of drug-likeness (QED) is 0.648. The fraction of sp³-hybridized carbons (Fsp3) is 0. The van der Waals surface area contributed by atoms with Gasteiger partial charge in [-0.3, -0.25) is 0 Å². The second kappa shape index (κ2) is 5.16. The molecule has 0 aliphatic rings. The van der Waals surface area contributed by atoms with Gasteiger partial charge in [0.2, 0.25) is 5.88 Å². The molecule has 0 aliphatic carbocycles. The van der Waals surface area contributed by atoms with Crippen LogP contribution in [0, 0.1) is 3.57 Å². The standard InChI is InChI=1S/C12H7IN4O4/c13-6-1-2-8(7(3-6)11(18)19)21-10-4-9-15-16-12(20)17(9)5-14-10/h1-5H,(H,16,20)(H,18,19). The average Bonchev–Trinajstić information content (AvgIpc) is 2.82. The Labute approximate surface area is 130 Å². The zero-order valence-corrected chi connectivity index (χ0v) is 12.4. The summed E-state index contributed by atoms with van der Waals surface area (Å²) in [4.78, 5) is 26.5. The van der Waals surface area contributed by atoms with Crippen molar-refractivity contribution in [2.75, 3.05) is 0 Å².